The van der Waals surface area contributed by atoms with E-state index in [0.717, 1.165) is 5.56 Å². The van der Waals surface area contributed by atoms with Gasteiger partial charge in [0.05, 0.1) is 6.42 Å². The summed E-state index contributed by atoms with van der Waals surface area (Å²) in [6, 6.07) is 8.63. The van der Waals surface area contributed by atoms with E-state index in [0.29, 0.717) is 11.4 Å². The van der Waals surface area contributed by atoms with Crippen molar-refractivity contribution in [2.45, 2.75) is 26.2 Å². The third-order valence-corrected chi connectivity index (χ3v) is 3.08. The van der Waals surface area contributed by atoms with Gasteiger partial charge in [0.1, 0.15) is 5.76 Å². The number of aryl methyl sites for hydroxylation is 1. The van der Waals surface area contributed by atoms with Gasteiger partial charge in [0.2, 0.25) is 0 Å². The van der Waals surface area contributed by atoms with E-state index in [-0.39, 0.29) is 23.9 Å². The summed E-state index contributed by atoms with van der Waals surface area (Å²) in [5.41, 5.74) is 1.75. The molecule has 1 heterocycles. The lowest BCUT2D eigenvalue weighted by atomic mass is 9.98. The summed E-state index contributed by atoms with van der Waals surface area (Å²) in [6.07, 6.45) is 0.0733. The number of anilines is 1. The van der Waals surface area contributed by atoms with Crippen LogP contribution in [0.3, 0.4) is 0 Å². The maximum atomic E-state index is 11.9. The highest BCUT2D eigenvalue weighted by Crippen LogP contribution is 2.21. The summed E-state index contributed by atoms with van der Waals surface area (Å²) in [4.78, 5) is 22.6. The predicted octanol–water partition coefficient (Wildman–Crippen LogP) is 2.81. The van der Waals surface area contributed by atoms with Gasteiger partial charge in [0.25, 0.3) is 5.91 Å². The number of carbonyl (C=O) groups is 2. The Labute approximate surface area is 121 Å². The molecule has 1 unspecified atom stereocenters. The van der Waals surface area contributed by atoms with Crippen molar-refractivity contribution < 1.29 is 19.2 Å². The van der Waals surface area contributed by atoms with Gasteiger partial charge in [0, 0.05) is 11.8 Å². The maximum absolute atomic E-state index is 11.9. The molecule has 0 aliphatic heterocycles. The molecule has 0 radical (unpaired) electrons. The van der Waals surface area contributed by atoms with Crippen molar-refractivity contribution in [3.05, 3.63) is 47.3 Å². The highest BCUT2D eigenvalue weighted by Gasteiger charge is 2.12. The zero-order chi connectivity index (χ0) is 15.4. The van der Waals surface area contributed by atoms with Crippen molar-refractivity contribution in [2.75, 3.05) is 5.32 Å². The standard InChI is InChI=1S/C15H16N2O4/c1-9(7-14(18)19)11-3-5-12(6-4-11)16-15(20)13-8-10(2)21-17-13/h3-6,8-9H,7H2,1-2H3,(H,16,20)(H,18,19). The second kappa shape index (κ2) is 6.21. The monoisotopic (exact) mass is 288 g/mol. The van der Waals surface area contributed by atoms with Crippen LogP contribution in [-0.4, -0.2) is 22.1 Å². The molecule has 0 fully saturated rings. The molecule has 0 saturated heterocycles. The van der Waals surface area contributed by atoms with Crippen LogP contribution in [0.4, 0.5) is 5.69 Å². The first-order chi connectivity index (χ1) is 9.95. The number of hydrogen-bond donors (Lipinski definition) is 2. The average Bonchev–Trinajstić information content (AvgIpc) is 2.85. The highest BCUT2D eigenvalue weighted by molar-refractivity contribution is 6.02. The molecule has 0 aliphatic carbocycles. The average molecular weight is 288 g/mol. The smallest absolute Gasteiger partial charge is 0.303 e. The summed E-state index contributed by atoms with van der Waals surface area (Å²) in [5.74, 6) is -0.692. The summed E-state index contributed by atoms with van der Waals surface area (Å²) in [5, 5.41) is 15.1. The minimum absolute atomic E-state index is 0.0733. The van der Waals surface area contributed by atoms with Gasteiger partial charge in [-0.2, -0.15) is 0 Å². The molecular weight excluding hydrogens is 272 g/mol. The minimum atomic E-state index is -0.832. The van der Waals surface area contributed by atoms with Crippen LogP contribution < -0.4 is 5.32 Å². The molecule has 0 aliphatic rings. The topological polar surface area (TPSA) is 92.4 Å². The maximum Gasteiger partial charge on any atom is 0.303 e. The van der Waals surface area contributed by atoms with E-state index in [9.17, 15) is 9.59 Å². The Kier molecular flexibility index (Phi) is 4.37. The summed E-state index contributed by atoms with van der Waals surface area (Å²) in [6.45, 7) is 3.56. The van der Waals surface area contributed by atoms with E-state index in [1.165, 1.54) is 0 Å². The fourth-order valence-corrected chi connectivity index (χ4v) is 1.94. The molecular formula is C15H16N2O4. The van der Waals surface area contributed by atoms with Gasteiger partial charge in [-0.05, 0) is 30.5 Å². The van der Waals surface area contributed by atoms with Crippen molar-refractivity contribution in [1.82, 2.24) is 5.16 Å². The number of amides is 1. The van der Waals surface area contributed by atoms with Gasteiger partial charge < -0.3 is 14.9 Å². The predicted molar refractivity (Wildman–Crippen MR) is 76.3 cm³/mol. The second-order valence-corrected chi connectivity index (χ2v) is 4.90. The van der Waals surface area contributed by atoms with E-state index >= 15 is 0 Å². The molecule has 1 atom stereocenters. The number of benzene rings is 1. The van der Waals surface area contributed by atoms with Crippen molar-refractivity contribution in [2.24, 2.45) is 0 Å². The number of carbonyl (C=O) groups excluding carboxylic acids is 1. The quantitative estimate of drug-likeness (QED) is 0.882. The third-order valence-electron chi connectivity index (χ3n) is 3.08. The number of carboxylic acid groups (broad SMARTS) is 1. The third kappa shape index (κ3) is 3.92. The number of aromatic nitrogens is 1. The number of hydrogen-bond acceptors (Lipinski definition) is 4. The first-order valence-electron chi connectivity index (χ1n) is 6.52. The second-order valence-electron chi connectivity index (χ2n) is 4.90. The zero-order valence-corrected chi connectivity index (χ0v) is 11.8. The van der Waals surface area contributed by atoms with Gasteiger partial charge in [-0.3, -0.25) is 9.59 Å². The van der Waals surface area contributed by atoms with Crippen LogP contribution in [0.25, 0.3) is 0 Å². The van der Waals surface area contributed by atoms with Crippen LogP contribution in [0, 0.1) is 6.92 Å². The molecule has 21 heavy (non-hydrogen) atoms. The number of nitrogens with zero attached hydrogens (tertiary/aromatic N) is 1. The molecule has 1 amide bonds. The number of aliphatic carboxylic acids is 1. The molecule has 0 bridgehead atoms. The lowest BCUT2D eigenvalue weighted by Crippen LogP contribution is -2.12. The number of rotatable bonds is 5. The molecule has 0 spiro atoms. The minimum Gasteiger partial charge on any atom is -0.481 e. The van der Waals surface area contributed by atoms with E-state index in [1.54, 1.807) is 37.3 Å². The van der Waals surface area contributed by atoms with Crippen LogP contribution in [0.15, 0.2) is 34.9 Å². The number of carboxylic acids is 1. The molecule has 0 saturated carbocycles. The Balaban J connectivity index is 2.02. The number of nitrogens with one attached hydrogen (secondary N) is 1. The van der Waals surface area contributed by atoms with Crippen LogP contribution >= 0.6 is 0 Å². The lowest BCUT2D eigenvalue weighted by Gasteiger charge is -2.10. The van der Waals surface area contributed by atoms with Crippen LogP contribution in [0.5, 0.6) is 0 Å². The summed E-state index contributed by atoms with van der Waals surface area (Å²) < 4.78 is 4.84. The Morgan fingerprint density at radius 1 is 1.33 bits per heavy atom. The Morgan fingerprint density at radius 3 is 2.52 bits per heavy atom. The fraction of sp³-hybridized carbons (Fsp3) is 0.267. The molecule has 2 rings (SSSR count). The van der Waals surface area contributed by atoms with E-state index < -0.39 is 5.97 Å². The van der Waals surface area contributed by atoms with Crippen molar-refractivity contribution in [3.8, 4) is 0 Å². The van der Waals surface area contributed by atoms with Crippen molar-refractivity contribution >= 4 is 17.6 Å². The van der Waals surface area contributed by atoms with Gasteiger partial charge in [-0.25, -0.2) is 0 Å². The van der Waals surface area contributed by atoms with E-state index in [1.807, 2.05) is 6.92 Å². The van der Waals surface area contributed by atoms with Gasteiger partial charge in [-0.1, -0.05) is 24.2 Å². The van der Waals surface area contributed by atoms with Gasteiger partial charge in [-0.15, -0.1) is 0 Å². The van der Waals surface area contributed by atoms with Crippen molar-refractivity contribution in [1.29, 1.82) is 0 Å². The van der Waals surface area contributed by atoms with Crippen LogP contribution in [0.2, 0.25) is 0 Å². The SMILES string of the molecule is Cc1cc(C(=O)Nc2ccc(C(C)CC(=O)O)cc2)no1. The molecule has 2 aromatic rings. The molecule has 110 valence electrons. The van der Waals surface area contributed by atoms with Gasteiger partial charge in [0.15, 0.2) is 5.69 Å². The summed E-state index contributed by atoms with van der Waals surface area (Å²) >= 11 is 0. The zero-order valence-electron chi connectivity index (χ0n) is 11.8. The Morgan fingerprint density at radius 2 is 2.00 bits per heavy atom. The van der Waals surface area contributed by atoms with E-state index in [2.05, 4.69) is 10.5 Å². The fourth-order valence-electron chi connectivity index (χ4n) is 1.94. The highest BCUT2D eigenvalue weighted by atomic mass is 16.5. The molecule has 6 heteroatoms. The molecule has 1 aromatic carbocycles. The summed E-state index contributed by atoms with van der Waals surface area (Å²) in [7, 11) is 0. The first-order valence-corrected chi connectivity index (χ1v) is 6.52. The normalized spacial score (nSPS) is 11.9. The molecule has 6 nitrogen and oxygen atoms in total. The Hall–Kier alpha value is -2.63. The van der Waals surface area contributed by atoms with Crippen LogP contribution in [-0.2, 0) is 4.79 Å². The van der Waals surface area contributed by atoms with Crippen LogP contribution in [0.1, 0.15) is 41.1 Å². The lowest BCUT2D eigenvalue weighted by molar-refractivity contribution is -0.137. The molecule has 1 aromatic heterocycles. The Bertz CT molecular complexity index is 646. The first kappa shape index (κ1) is 14.8. The molecule has 2 N–H and O–H groups in total. The van der Waals surface area contributed by atoms with Crippen molar-refractivity contribution in [3.63, 3.8) is 0 Å². The largest absolute Gasteiger partial charge is 0.481 e. The van der Waals surface area contributed by atoms with E-state index in [4.69, 9.17) is 9.63 Å². The van der Waals surface area contributed by atoms with Gasteiger partial charge >= 0.3 is 5.97 Å².